The van der Waals surface area contributed by atoms with Crippen LogP contribution in [0.3, 0.4) is 0 Å². The second kappa shape index (κ2) is 18.7. The molecule has 16 rings (SSSR count). The summed E-state index contributed by atoms with van der Waals surface area (Å²) in [5, 5.41) is 11.2. The van der Waals surface area contributed by atoms with Crippen molar-refractivity contribution in [2.75, 3.05) is 9.80 Å². The van der Waals surface area contributed by atoms with Crippen LogP contribution in [-0.4, -0.2) is 9.13 Å². The lowest BCUT2D eigenvalue weighted by atomic mass is 10.0. The molecule has 0 bridgehead atoms. The largest absolute Gasteiger partial charge is 0.456 e. The van der Waals surface area contributed by atoms with Crippen molar-refractivity contribution >= 4 is 132 Å². The molecule has 0 amide bonds. The summed E-state index contributed by atoms with van der Waals surface area (Å²) in [5.74, 6) is 0.884. The first-order valence-electron chi connectivity index (χ1n) is 28.5. The van der Waals surface area contributed by atoms with Crippen molar-refractivity contribution in [3.05, 3.63) is 266 Å². The van der Waals surface area contributed by atoms with Crippen molar-refractivity contribution in [2.24, 2.45) is 0 Å². The predicted molar refractivity (Wildman–Crippen MR) is 345 cm³/mol. The van der Waals surface area contributed by atoms with Crippen LogP contribution in [0.25, 0.3) is 110 Å². The third-order valence-electron chi connectivity index (χ3n) is 17.0. The smallest absolute Gasteiger partial charge is 0.137 e. The van der Waals surface area contributed by atoms with Gasteiger partial charge in [0.05, 0.1) is 33.4 Å². The Balaban J connectivity index is 0.813. The maximum Gasteiger partial charge on any atom is 0.137 e. The molecule has 0 atom stereocenters. The molecule has 6 heteroatoms. The van der Waals surface area contributed by atoms with Crippen LogP contribution in [0.15, 0.2) is 264 Å². The number of anilines is 6. The van der Waals surface area contributed by atoms with Gasteiger partial charge in [-0.05, 0) is 155 Å². The monoisotopic (exact) mass is 1060 g/mol. The number of furan rings is 2. The molecule has 12 aromatic carbocycles. The van der Waals surface area contributed by atoms with E-state index in [1.54, 1.807) is 0 Å². The van der Waals surface area contributed by atoms with Gasteiger partial charge in [0.1, 0.15) is 22.3 Å². The van der Waals surface area contributed by atoms with E-state index in [4.69, 9.17) is 8.83 Å². The van der Waals surface area contributed by atoms with Crippen molar-refractivity contribution in [2.45, 2.75) is 39.5 Å². The first kappa shape index (κ1) is 47.7. The average Bonchev–Trinajstić information content (AvgIpc) is 4.35. The number of benzene rings is 12. The van der Waals surface area contributed by atoms with Crippen LogP contribution in [0.2, 0.25) is 0 Å². The molecule has 82 heavy (non-hydrogen) atoms. The van der Waals surface area contributed by atoms with Gasteiger partial charge in [-0.1, -0.05) is 149 Å². The zero-order valence-electron chi connectivity index (χ0n) is 46.0. The maximum absolute atomic E-state index is 6.93. The normalized spacial score (nSPS) is 12.1. The molecule has 16 aromatic rings. The fourth-order valence-electron chi connectivity index (χ4n) is 13.0. The first-order valence-corrected chi connectivity index (χ1v) is 28.5. The summed E-state index contributed by atoms with van der Waals surface area (Å²) in [6.07, 6.45) is 0. The van der Waals surface area contributed by atoms with Gasteiger partial charge in [0.25, 0.3) is 0 Å². The third kappa shape index (κ3) is 7.48. The lowest BCUT2D eigenvalue weighted by Crippen LogP contribution is -2.11. The lowest BCUT2D eigenvalue weighted by molar-refractivity contribution is 0.668. The molecule has 0 spiro atoms. The molecule has 6 nitrogen and oxygen atoms in total. The summed E-state index contributed by atoms with van der Waals surface area (Å²) in [6.45, 7) is 8.99. The Labute approximate surface area is 474 Å². The van der Waals surface area contributed by atoms with E-state index < -0.39 is 0 Å². The van der Waals surface area contributed by atoms with E-state index >= 15 is 0 Å². The van der Waals surface area contributed by atoms with Gasteiger partial charge in [-0.3, -0.25) is 0 Å². The number of aromatic nitrogens is 2. The fourth-order valence-corrected chi connectivity index (χ4v) is 13.0. The zero-order chi connectivity index (χ0) is 54.7. The van der Waals surface area contributed by atoms with E-state index in [2.05, 4.69) is 301 Å². The highest BCUT2D eigenvalue weighted by atomic mass is 16.3. The Morgan fingerprint density at radius 2 is 0.671 bits per heavy atom. The van der Waals surface area contributed by atoms with Gasteiger partial charge in [-0.2, -0.15) is 0 Å². The van der Waals surface area contributed by atoms with E-state index in [0.717, 1.165) is 111 Å². The molecular formula is C76H56N4O2. The molecule has 4 aromatic heterocycles. The molecule has 4 heterocycles. The highest BCUT2D eigenvalue weighted by molar-refractivity contribution is 6.18. The molecule has 0 N–H and O–H groups in total. The summed E-state index contributed by atoms with van der Waals surface area (Å²) < 4.78 is 18.7. The summed E-state index contributed by atoms with van der Waals surface area (Å²) in [7, 11) is 0. The van der Waals surface area contributed by atoms with Gasteiger partial charge in [-0.25, -0.2) is 0 Å². The number of hydrogen-bond acceptors (Lipinski definition) is 4. The van der Waals surface area contributed by atoms with Crippen LogP contribution in [0.1, 0.15) is 50.7 Å². The highest BCUT2D eigenvalue weighted by Crippen LogP contribution is 2.48. The van der Waals surface area contributed by atoms with Crippen LogP contribution in [0.5, 0.6) is 0 Å². The van der Waals surface area contributed by atoms with E-state index in [1.165, 1.54) is 43.7 Å². The summed E-state index contributed by atoms with van der Waals surface area (Å²) in [6, 6.07) is 92.6. The predicted octanol–water partition coefficient (Wildman–Crippen LogP) is 22.0. The van der Waals surface area contributed by atoms with Gasteiger partial charge >= 0.3 is 0 Å². The fraction of sp³-hybridized carbons (Fsp3) is 0.0789. The van der Waals surface area contributed by atoms with Crippen LogP contribution in [0.4, 0.5) is 34.1 Å². The van der Waals surface area contributed by atoms with Crippen molar-refractivity contribution in [1.82, 2.24) is 9.13 Å². The van der Waals surface area contributed by atoms with Crippen LogP contribution >= 0.6 is 0 Å². The second-order valence-electron chi connectivity index (χ2n) is 22.5. The number of fused-ring (bicyclic) bond motifs is 13. The Kier molecular flexibility index (Phi) is 10.8. The molecule has 0 aliphatic rings. The number of nitrogens with zero attached hydrogens (tertiary/aromatic N) is 4. The maximum atomic E-state index is 6.93. The van der Waals surface area contributed by atoms with Crippen molar-refractivity contribution in [3.8, 4) is 11.4 Å². The molecule has 0 saturated carbocycles. The Morgan fingerprint density at radius 3 is 1.09 bits per heavy atom. The van der Waals surface area contributed by atoms with Crippen LogP contribution in [-0.2, 0) is 0 Å². The van der Waals surface area contributed by atoms with E-state index in [9.17, 15) is 0 Å². The van der Waals surface area contributed by atoms with E-state index in [-0.39, 0.29) is 0 Å². The van der Waals surface area contributed by atoms with Gasteiger partial charge in [0.15, 0.2) is 0 Å². The topological polar surface area (TPSA) is 42.6 Å². The van der Waals surface area contributed by atoms with Gasteiger partial charge in [-0.15, -0.1) is 0 Å². The standard InChI is InChI=1S/C76H56N4O2/c1-47(2)49-29-33-55(34-30-49)79-67-25-13-11-21-59(67)63-23-15-27-69(75(63)79)77(53-17-7-5-8-18-53)57-37-39-61-65-41-51-44-72-66(42-52(51)43-71(65)81-73(61)45-57)62-40-38-58(46-74(62)82-72)78(54-19-9-6-10-20-54)70-28-16-24-64-60-22-12-14-26-68(60)80(76(64)70)56-35-31-50(32-36-56)48(3)4/h5-48H,1-4H3. The van der Waals surface area contributed by atoms with Crippen molar-refractivity contribution in [1.29, 1.82) is 0 Å². The minimum atomic E-state index is 0.442. The van der Waals surface area contributed by atoms with E-state index in [1.807, 2.05) is 0 Å². The van der Waals surface area contributed by atoms with Gasteiger partial charge in [0, 0.05) is 89.3 Å². The van der Waals surface area contributed by atoms with Crippen LogP contribution < -0.4 is 9.80 Å². The lowest BCUT2D eigenvalue weighted by Gasteiger charge is -2.27. The Bertz CT molecular complexity index is 4830. The molecule has 0 fully saturated rings. The molecule has 392 valence electrons. The minimum Gasteiger partial charge on any atom is -0.456 e. The summed E-state index contributed by atoms with van der Waals surface area (Å²) in [5.41, 5.74) is 19.1. The summed E-state index contributed by atoms with van der Waals surface area (Å²) >= 11 is 0. The minimum absolute atomic E-state index is 0.442. The number of para-hydroxylation sites is 6. The molecule has 0 aliphatic heterocycles. The quantitative estimate of drug-likeness (QED) is 0.137. The van der Waals surface area contributed by atoms with Gasteiger partial charge in [0.2, 0.25) is 0 Å². The Hall–Kier alpha value is -10.3. The average molecular weight is 1060 g/mol. The Morgan fingerprint density at radius 1 is 0.293 bits per heavy atom. The van der Waals surface area contributed by atoms with Crippen molar-refractivity contribution < 1.29 is 8.83 Å². The highest BCUT2D eigenvalue weighted by Gasteiger charge is 2.25. The van der Waals surface area contributed by atoms with Crippen molar-refractivity contribution in [3.63, 3.8) is 0 Å². The second-order valence-corrected chi connectivity index (χ2v) is 22.5. The first-order chi connectivity index (χ1) is 40.3. The SMILES string of the molecule is CC(C)c1ccc(-n2c3ccccc3c3cccc(N(c4ccccc4)c4ccc5c(c4)oc4cc6cc7c(cc6cc45)oc4cc(N(c5ccccc5)c5cccc6c8ccccc8n(-c8ccc(C(C)C)cc8)c56)ccc47)c32)cc1. The van der Waals surface area contributed by atoms with Crippen LogP contribution in [0, 0.1) is 0 Å². The molecule has 0 unspecified atom stereocenters. The zero-order valence-corrected chi connectivity index (χ0v) is 46.0. The molecule has 0 aliphatic carbocycles. The van der Waals surface area contributed by atoms with E-state index in [0.29, 0.717) is 11.8 Å². The summed E-state index contributed by atoms with van der Waals surface area (Å²) in [4.78, 5) is 4.75. The molecule has 0 radical (unpaired) electrons. The molecular weight excluding hydrogens is 1000 g/mol. The molecule has 0 saturated heterocycles. The number of hydrogen-bond donors (Lipinski definition) is 0. The number of rotatable bonds is 10. The van der Waals surface area contributed by atoms with Gasteiger partial charge < -0.3 is 27.8 Å². The third-order valence-corrected chi connectivity index (χ3v) is 17.0.